The third-order valence-electron chi connectivity index (χ3n) is 5.89. The maximum atomic E-state index is 11.9. The lowest BCUT2D eigenvalue weighted by molar-refractivity contribution is -0.154. The van der Waals surface area contributed by atoms with E-state index in [1.165, 1.54) is 11.1 Å². The van der Waals surface area contributed by atoms with Gasteiger partial charge in [0.2, 0.25) is 5.82 Å². The van der Waals surface area contributed by atoms with Crippen molar-refractivity contribution >= 4 is 11.8 Å². The van der Waals surface area contributed by atoms with E-state index in [9.17, 15) is 4.79 Å². The maximum absolute atomic E-state index is 11.9. The SMILES string of the molecule is COCc1cc(-c2nc(-c3cnc(NCCC(=O)OC(C)(C)C)c(C)c3)no2)ccc1-c1ccccc1C. The lowest BCUT2D eigenvalue weighted by Gasteiger charge is -2.19. The molecule has 1 N–H and O–H groups in total. The number of hydrogen-bond acceptors (Lipinski definition) is 8. The minimum absolute atomic E-state index is 0.251. The van der Waals surface area contributed by atoms with Crippen molar-refractivity contribution in [1.82, 2.24) is 15.1 Å². The van der Waals surface area contributed by atoms with Crippen molar-refractivity contribution in [2.75, 3.05) is 19.0 Å². The molecule has 2 aromatic heterocycles. The van der Waals surface area contributed by atoms with Gasteiger partial charge < -0.3 is 19.3 Å². The molecule has 4 rings (SSSR count). The number of carbonyl (C=O) groups excluding carboxylic acids is 1. The molecule has 0 amide bonds. The van der Waals surface area contributed by atoms with E-state index in [0.717, 1.165) is 27.8 Å². The van der Waals surface area contributed by atoms with Gasteiger partial charge in [-0.1, -0.05) is 35.5 Å². The zero-order chi connectivity index (χ0) is 27.3. The molecule has 0 atom stereocenters. The van der Waals surface area contributed by atoms with Crippen molar-refractivity contribution in [3.05, 3.63) is 71.4 Å². The van der Waals surface area contributed by atoms with Crippen LogP contribution in [0.1, 0.15) is 43.9 Å². The summed E-state index contributed by atoms with van der Waals surface area (Å²) < 4.78 is 16.4. The van der Waals surface area contributed by atoms with E-state index < -0.39 is 5.60 Å². The summed E-state index contributed by atoms with van der Waals surface area (Å²) in [4.78, 5) is 21.1. The number of esters is 1. The van der Waals surface area contributed by atoms with E-state index in [1.807, 2.05) is 58.0 Å². The lowest BCUT2D eigenvalue weighted by atomic mass is 9.94. The minimum atomic E-state index is -0.495. The van der Waals surface area contributed by atoms with Crippen molar-refractivity contribution in [1.29, 1.82) is 0 Å². The molecule has 0 bridgehead atoms. The predicted octanol–water partition coefficient (Wildman–Crippen LogP) is 6.37. The first kappa shape index (κ1) is 27.0. The molecule has 0 saturated carbocycles. The third kappa shape index (κ3) is 6.63. The molecule has 38 heavy (non-hydrogen) atoms. The van der Waals surface area contributed by atoms with E-state index >= 15 is 0 Å². The molecule has 0 radical (unpaired) electrons. The van der Waals surface area contributed by atoms with Gasteiger partial charge in [0.05, 0.1) is 13.0 Å². The molecule has 0 aliphatic rings. The largest absolute Gasteiger partial charge is 0.460 e. The van der Waals surface area contributed by atoms with Crippen LogP contribution in [0.5, 0.6) is 0 Å². The second kappa shape index (κ2) is 11.6. The number of rotatable bonds is 9. The number of pyridine rings is 1. The van der Waals surface area contributed by atoms with Crippen molar-refractivity contribution in [3.63, 3.8) is 0 Å². The van der Waals surface area contributed by atoms with Crippen molar-refractivity contribution in [2.24, 2.45) is 0 Å². The average Bonchev–Trinajstić information content (AvgIpc) is 3.35. The van der Waals surface area contributed by atoms with Gasteiger partial charge in [0, 0.05) is 31.0 Å². The van der Waals surface area contributed by atoms with Crippen LogP contribution in [0.15, 0.2) is 59.3 Å². The Kier molecular flexibility index (Phi) is 8.22. The third-order valence-corrected chi connectivity index (χ3v) is 5.89. The summed E-state index contributed by atoms with van der Waals surface area (Å²) in [5.41, 5.74) is 6.48. The number of anilines is 1. The van der Waals surface area contributed by atoms with Gasteiger partial charge >= 0.3 is 5.97 Å². The summed E-state index contributed by atoms with van der Waals surface area (Å²) in [6.45, 7) is 10.5. The number of carbonyl (C=O) groups is 1. The zero-order valence-electron chi connectivity index (χ0n) is 22.8. The molecule has 4 aromatic rings. The molecule has 0 unspecified atom stereocenters. The minimum Gasteiger partial charge on any atom is -0.460 e. The Labute approximate surface area is 223 Å². The van der Waals surface area contributed by atoms with Gasteiger partial charge in [-0.25, -0.2) is 4.98 Å². The molecule has 2 heterocycles. The first-order chi connectivity index (χ1) is 18.1. The van der Waals surface area contributed by atoms with Crippen LogP contribution in [-0.4, -0.2) is 40.3 Å². The molecule has 0 spiro atoms. The van der Waals surface area contributed by atoms with E-state index in [-0.39, 0.29) is 12.4 Å². The molecule has 2 aromatic carbocycles. The Morgan fingerprint density at radius 2 is 1.79 bits per heavy atom. The monoisotopic (exact) mass is 514 g/mol. The van der Waals surface area contributed by atoms with Gasteiger partial charge in [-0.05, 0) is 80.6 Å². The molecule has 0 saturated heterocycles. The van der Waals surface area contributed by atoms with Crippen molar-refractivity contribution in [3.8, 4) is 34.0 Å². The van der Waals surface area contributed by atoms with E-state index in [0.29, 0.717) is 30.7 Å². The summed E-state index contributed by atoms with van der Waals surface area (Å²) in [7, 11) is 1.69. The number of nitrogens with one attached hydrogen (secondary N) is 1. The highest BCUT2D eigenvalue weighted by Crippen LogP contribution is 2.32. The Bertz CT molecular complexity index is 1420. The van der Waals surface area contributed by atoms with Crippen LogP contribution < -0.4 is 5.32 Å². The number of aryl methyl sites for hydroxylation is 2. The van der Waals surface area contributed by atoms with Gasteiger partial charge in [-0.3, -0.25) is 4.79 Å². The van der Waals surface area contributed by atoms with Gasteiger partial charge in [0.15, 0.2) is 0 Å². The van der Waals surface area contributed by atoms with Crippen LogP contribution in [-0.2, 0) is 20.9 Å². The number of hydrogen-bond donors (Lipinski definition) is 1. The lowest BCUT2D eigenvalue weighted by Crippen LogP contribution is -2.25. The Morgan fingerprint density at radius 1 is 1.00 bits per heavy atom. The van der Waals surface area contributed by atoms with Crippen LogP contribution in [0.2, 0.25) is 0 Å². The van der Waals surface area contributed by atoms with Crippen molar-refractivity contribution in [2.45, 2.75) is 53.2 Å². The van der Waals surface area contributed by atoms with Gasteiger partial charge in [0.1, 0.15) is 11.4 Å². The Hall–Kier alpha value is -4.04. The van der Waals surface area contributed by atoms with Crippen LogP contribution in [0.25, 0.3) is 34.0 Å². The molecular formula is C30H34N4O4. The fourth-order valence-corrected chi connectivity index (χ4v) is 4.16. The Balaban J connectivity index is 1.49. The molecule has 198 valence electrons. The molecule has 0 fully saturated rings. The fraction of sp³-hybridized carbons (Fsp3) is 0.333. The molecular weight excluding hydrogens is 480 g/mol. The number of aromatic nitrogens is 3. The topological polar surface area (TPSA) is 99.4 Å². The summed E-state index contributed by atoms with van der Waals surface area (Å²) in [6, 6.07) is 16.3. The summed E-state index contributed by atoms with van der Waals surface area (Å²) in [6.07, 6.45) is 1.94. The standard InChI is InChI=1S/C30H34N4O4/c1-19-9-7-8-10-24(19)25-12-11-21(16-23(25)18-36-6)29-33-28(34-38-29)22-15-20(2)27(32-17-22)31-14-13-26(35)37-30(3,4)5/h7-12,15-17H,13-14,18H2,1-6H3,(H,31,32). The molecule has 0 aliphatic carbocycles. The number of methoxy groups -OCH3 is 1. The van der Waals surface area contributed by atoms with Crippen molar-refractivity contribution < 1.29 is 18.8 Å². The first-order valence-corrected chi connectivity index (χ1v) is 12.6. The quantitative estimate of drug-likeness (QED) is 0.257. The molecule has 8 nitrogen and oxygen atoms in total. The number of nitrogens with zero attached hydrogens (tertiary/aromatic N) is 3. The second-order valence-corrected chi connectivity index (χ2v) is 10.2. The number of benzene rings is 2. The predicted molar refractivity (Wildman–Crippen MR) is 148 cm³/mol. The van der Waals surface area contributed by atoms with Gasteiger partial charge in [-0.2, -0.15) is 4.98 Å². The Morgan fingerprint density at radius 3 is 2.50 bits per heavy atom. The number of ether oxygens (including phenoxy) is 2. The summed E-state index contributed by atoms with van der Waals surface area (Å²) >= 11 is 0. The van der Waals surface area contributed by atoms with Crippen LogP contribution in [0.3, 0.4) is 0 Å². The molecule has 0 aliphatic heterocycles. The summed E-state index contributed by atoms with van der Waals surface area (Å²) in [5.74, 6) is 1.31. The van der Waals surface area contributed by atoms with Crippen LogP contribution in [0, 0.1) is 13.8 Å². The zero-order valence-corrected chi connectivity index (χ0v) is 22.8. The van der Waals surface area contributed by atoms with E-state index in [2.05, 4.69) is 45.6 Å². The second-order valence-electron chi connectivity index (χ2n) is 10.2. The normalized spacial score (nSPS) is 11.4. The van der Waals surface area contributed by atoms with Gasteiger partial charge in [-0.15, -0.1) is 0 Å². The molecule has 8 heteroatoms. The van der Waals surface area contributed by atoms with E-state index in [4.69, 9.17) is 14.0 Å². The highest BCUT2D eigenvalue weighted by Gasteiger charge is 2.17. The van der Waals surface area contributed by atoms with Gasteiger partial charge in [0.25, 0.3) is 5.89 Å². The van der Waals surface area contributed by atoms with Crippen LogP contribution >= 0.6 is 0 Å². The smallest absolute Gasteiger partial charge is 0.308 e. The first-order valence-electron chi connectivity index (χ1n) is 12.6. The highest BCUT2D eigenvalue weighted by atomic mass is 16.6. The van der Waals surface area contributed by atoms with E-state index in [1.54, 1.807) is 13.3 Å². The summed E-state index contributed by atoms with van der Waals surface area (Å²) in [5, 5.41) is 7.38. The van der Waals surface area contributed by atoms with Crippen LogP contribution in [0.4, 0.5) is 5.82 Å². The average molecular weight is 515 g/mol. The fourth-order valence-electron chi connectivity index (χ4n) is 4.16. The highest BCUT2D eigenvalue weighted by molar-refractivity contribution is 5.74. The maximum Gasteiger partial charge on any atom is 0.308 e.